The zero-order valence-electron chi connectivity index (χ0n) is 12.4. The second kappa shape index (κ2) is 5.41. The molecule has 2 unspecified atom stereocenters. The summed E-state index contributed by atoms with van der Waals surface area (Å²) in [5.74, 6) is 0.673. The molecule has 0 saturated heterocycles. The van der Waals surface area contributed by atoms with E-state index in [1.165, 1.54) is 34.2 Å². The molecule has 104 valence electrons. The number of fused-ring (bicyclic) bond motifs is 1. The quantitative estimate of drug-likeness (QED) is 0.891. The van der Waals surface area contributed by atoms with Gasteiger partial charge in [0, 0.05) is 6.04 Å². The molecule has 0 aliphatic heterocycles. The van der Waals surface area contributed by atoms with Crippen LogP contribution in [0.2, 0.25) is 0 Å². The van der Waals surface area contributed by atoms with Gasteiger partial charge in [-0.05, 0) is 55.7 Å². The van der Waals surface area contributed by atoms with E-state index >= 15 is 0 Å². The van der Waals surface area contributed by atoms with E-state index in [2.05, 4.69) is 56.3 Å². The Morgan fingerprint density at radius 1 is 1.10 bits per heavy atom. The fourth-order valence-corrected chi connectivity index (χ4v) is 3.51. The fourth-order valence-electron chi connectivity index (χ4n) is 3.51. The molecular formula is C19H23N. The van der Waals surface area contributed by atoms with Crippen LogP contribution in [0.3, 0.4) is 0 Å². The Bertz CT molecular complexity index is 595. The number of nitrogens with two attached hydrogens (primary N) is 1. The molecule has 0 saturated carbocycles. The minimum Gasteiger partial charge on any atom is -0.327 e. The van der Waals surface area contributed by atoms with Crippen molar-refractivity contribution in [2.75, 3.05) is 0 Å². The van der Waals surface area contributed by atoms with Crippen molar-refractivity contribution in [3.63, 3.8) is 0 Å². The second-order valence-electron chi connectivity index (χ2n) is 6.30. The molecule has 1 nitrogen and oxygen atoms in total. The SMILES string of the molecule is Cc1cc(C)cc(CC(N)CC2Cc3ccccc32)c1. The first kappa shape index (κ1) is 13.4. The number of aryl methyl sites for hydroxylation is 2. The van der Waals surface area contributed by atoms with Crippen LogP contribution in [0.4, 0.5) is 0 Å². The Hall–Kier alpha value is -1.60. The van der Waals surface area contributed by atoms with Crippen molar-refractivity contribution in [1.82, 2.24) is 0 Å². The molecule has 2 atom stereocenters. The van der Waals surface area contributed by atoms with Crippen LogP contribution in [0.1, 0.15) is 40.2 Å². The van der Waals surface area contributed by atoms with Gasteiger partial charge in [0.2, 0.25) is 0 Å². The van der Waals surface area contributed by atoms with Crippen molar-refractivity contribution < 1.29 is 0 Å². The first-order chi connectivity index (χ1) is 9.61. The average Bonchev–Trinajstić information content (AvgIpc) is 2.34. The Balaban J connectivity index is 1.62. The highest BCUT2D eigenvalue weighted by Crippen LogP contribution is 2.38. The van der Waals surface area contributed by atoms with Crippen molar-refractivity contribution in [1.29, 1.82) is 0 Å². The summed E-state index contributed by atoms with van der Waals surface area (Å²) in [6.45, 7) is 4.31. The van der Waals surface area contributed by atoms with Gasteiger partial charge in [-0.1, -0.05) is 53.6 Å². The van der Waals surface area contributed by atoms with E-state index in [4.69, 9.17) is 5.73 Å². The summed E-state index contributed by atoms with van der Waals surface area (Å²) in [6.07, 6.45) is 3.29. The summed E-state index contributed by atoms with van der Waals surface area (Å²) in [5.41, 5.74) is 13.4. The standard InChI is InChI=1S/C19H23N/c1-13-7-14(2)9-15(8-13)10-18(20)12-17-11-16-5-3-4-6-19(16)17/h3-9,17-18H,10-12,20H2,1-2H3. The van der Waals surface area contributed by atoms with Gasteiger partial charge in [-0.15, -0.1) is 0 Å². The highest BCUT2D eigenvalue weighted by atomic mass is 14.6. The predicted molar refractivity (Wildman–Crippen MR) is 85.1 cm³/mol. The van der Waals surface area contributed by atoms with Crippen LogP contribution >= 0.6 is 0 Å². The van der Waals surface area contributed by atoms with E-state index in [0.717, 1.165) is 12.8 Å². The van der Waals surface area contributed by atoms with Gasteiger partial charge in [0.15, 0.2) is 0 Å². The summed E-state index contributed by atoms with van der Waals surface area (Å²) in [4.78, 5) is 0. The van der Waals surface area contributed by atoms with Gasteiger partial charge in [0.05, 0.1) is 0 Å². The number of rotatable bonds is 4. The molecule has 1 aliphatic rings. The molecule has 0 radical (unpaired) electrons. The van der Waals surface area contributed by atoms with Gasteiger partial charge in [0.1, 0.15) is 0 Å². The van der Waals surface area contributed by atoms with Crippen LogP contribution in [-0.2, 0) is 12.8 Å². The maximum absolute atomic E-state index is 6.37. The Labute approximate surface area is 121 Å². The Morgan fingerprint density at radius 2 is 1.80 bits per heavy atom. The largest absolute Gasteiger partial charge is 0.327 e. The second-order valence-corrected chi connectivity index (χ2v) is 6.30. The van der Waals surface area contributed by atoms with Crippen molar-refractivity contribution in [3.05, 3.63) is 70.3 Å². The third-order valence-electron chi connectivity index (χ3n) is 4.33. The Morgan fingerprint density at radius 3 is 2.50 bits per heavy atom. The highest BCUT2D eigenvalue weighted by Gasteiger charge is 2.26. The van der Waals surface area contributed by atoms with Gasteiger partial charge in [-0.25, -0.2) is 0 Å². The maximum Gasteiger partial charge on any atom is 0.00852 e. The molecule has 3 rings (SSSR count). The van der Waals surface area contributed by atoms with Gasteiger partial charge < -0.3 is 5.73 Å². The predicted octanol–water partition coefficient (Wildman–Crippen LogP) is 3.90. The van der Waals surface area contributed by atoms with E-state index in [1.807, 2.05) is 0 Å². The van der Waals surface area contributed by atoms with Crippen molar-refractivity contribution in [2.24, 2.45) is 5.73 Å². The van der Waals surface area contributed by atoms with Crippen LogP contribution in [0.25, 0.3) is 0 Å². The molecule has 0 amide bonds. The zero-order valence-corrected chi connectivity index (χ0v) is 12.4. The lowest BCUT2D eigenvalue weighted by molar-refractivity contribution is 0.484. The van der Waals surface area contributed by atoms with E-state index in [-0.39, 0.29) is 6.04 Å². The molecule has 1 aliphatic carbocycles. The highest BCUT2D eigenvalue weighted by molar-refractivity contribution is 5.40. The molecule has 0 bridgehead atoms. The third-order valence-corrected chi connectivity index (χ3v) is 4.33. The van der Waals surface area contributed by atoms with E-state index in [9.17, 15) is 0 Å². The molecule has 0 heterocycles. The van der Waals surface area contributed by atoms with E-state index in [1.54, 1.807) is 0 Å². The summed E-state index contributed by atoms with van der Waals surface area (Å²) >= 11 is 0. The van der Waals surface area contributed by atoms with Gasteiger partial charge in [-0.2, -0.15) is 0 Å². The number of hydrogen-bond acceptors (Lipinski definition) is 1. The molecule has 2 aromatic carbocycles. The van der Waals surface area contributed by atoms with Gasteiger partial charge >= 0.3 is 0 Å². The van der Waals surface area contributed by atoms with Gasteiger partial charge in [-0.3, -0.25) is 0 Å². The summed E-state index contributed by atoms with van der Waals surface area (Å²) in [7, 11) is 0. The lowest BCUT2D eigenvalue weighted by atomic mass is 9.74. The van der Waals surface area contributed by atoms with Crippen molar-refractivity contribution >= 4 is 0 Å². The molecular weight excluding hydrogens is 242 g/mol. The molecule has 0 aromatic heterocycles. The van der Waals surface area contributed by atoms with Crippen molar-refractivity contribution in [3.8, 4) is 0 Å². The van der Waals surface area contributed by atoms with Crippen LogP contribution in [0.15, 0.2) is 42.5 Å². The van der Waals surface area contributed by atoms with Crippen LogP contribution in [0.5, 0.6) is 0 Å². The summed E-state index contributed by atoms with van der Waals surface area (Å²) < 4.78 is 0. The number of benzene rings is 2. The van der Waals surface area contributed by atoms with E-state index < -0.39 is 0 Å². The topological polar surface area (TPSA) is 26.0 Å². The summed E-state index contributed by atoms with van der Waals surface area (Å²) in [5, 5.41) is 0. The molecule has 2 aromatic rings. The Kier molecular flexibility index (Phi) is 3.62. The van der Waals surface area contributed by atoms with Crippen molar-refractivity contribution in [2.45, 2.75) is 45.1 Å². The summed E-state index contributed by atoms with van der Waals surface area (Å²) in [6, 6.07) is 15.8. The van der Waals surface area contributed by atoms with E-state index in [0.29, 0.717) is 5.92 Å². The number of hydrogen-bond donors (Lipinski definition) is 1. The minimum absolute atomic E-state index is 0.259. The lowest BCUT2D eigenvalue weighted by Crippen LogP contribution is -2.29. The molecule has 1 heteroatoms. The first-order valence-electron chi connectivity index (χ1n) is 7.52. The zero-order chi connectivity index (χ0) is 14.1. The van der Waals surface area contributed by atoms with Crippen LogP contribution in [0, 0.1) is 13.8 Å². The molecule has 20 heavy (non-hydrogen) atoms. The molecule has 2 N–H and O–H groups in total. The smallest absolute Gasteiger partial charge is 0.00852 e. The lowest BCUT2D eigenvalue weighted by Gasteiger charge is -2.32. The van der Waals surface area contributed by atoms with Gasteiger partial charge in [0.25, 0.3) is 0 Å². The molecule has 0 spiro atoms. The van der Waals surface area contributed by atoms with Crippen LogP contribution in [-0.4, -0.2) is 6.04 Å². The van der Waals surface area contributed by atoms with Crippen LogP contribution < -0.4 is 5.73 Å². The third kappa shape index (κ3) is 2.78. The maximum atomic E-state index is 6.37. The fraction of sp³-hybridized carbons (Fsp3) is 0.368. The monoisotopic (exact) mass is 265 g/mol. The normalized spacial score (nSPS) is 18.2. The first-order valence-corrected chi connectivity index (χ1v) is 7.52. The minimum atomic E-state index is 0.259. The molecule has 0 fully saturated rings. The average molecular weight is 265 g/mol.